The van der Waals surface area contributed by atoms with Crippen molar-refractivity contribution in [3.63, 3.8) is 0 Å². The fourth-order valence-electron chi connectivity index (χ4n) is 1.54. The minimum absolute atomic E-state index is 0.0957. The SMILES string of the molecule is Cc1ccc(C(=O)NC(C)c2cccnc2)o1. The summed E-state index contributed by atoms with van der Waals surface area (Å²) in [4.78, 5) is 15.8. The summed E-state index contributed by atoms with van der Waals surface area (Å²) >= 11 is 0. The van der Waals surface area contributed by atoms with Crippen LogP contribution in [0.15, 0.2) is 41.1 Å². The molecule has 0 saturated carbocycles. The van der Waals surface area contributed by atoms with Gasteiger partial charge in [-0.05, 0) is 37.6 Å². The molecule has 0 radical (unpaired) electrons. The molecule has 2 heterocycles. The van der Waals surface area contributed by atoms with Crippen LogP contribution >= 0.6 is 0 Å². The van der Waals surface area contributed by atoms with Gasteiger partial charge in [-0.15, -0.1) is 0 Å². The molecular weight excluding hydrogens is 216 g/mol. The van der Waals surface area contributed by atoms with E-state index >= 15 is 0 Å². The molecule has 1 amide bonds. The summed E-state index contributed by atoms with van der Waals surface area (Å²) < 4.78 is 5.25. The first kappa shape index (κ1) is 11.4. The first-order valence-corrected chi connectivity index (χ1v) is 5.44. The van der Waals surface area contributed by atoms with E-state index in [0.717, 1.165) is 11.3 Å². The van der Waals surface area contributed by atoms with Crippen LogP contribution in [0, 0.1) is 6.92 Å². The fraction of sp³-hybridized carbons (Fsp3) is 0.231. The second-order valence-corrected chi connectivity index (χ2v) is 3.89. The number of carbonyl (C=O) groups is 1. The predicted octanol–water partition coefficient (Wildman–Crippen LogP) is 2.47. The molecule has 2 aromatic rings. The minimum atomic E-state index is -0.213. The molecule has 1 unspecified atom stereocenters. The smallest absolute Gasteiger partial charge is 0.287 e. The summed E-state index contributed by atoms with van der Waals surface area (Å²) in [5, 5.41) is 2.85. The Labute approximate surface area is 99.7 Å². The lowest BCUT2D eigenvalue weighted by molar-refractivity contribution is 0.0910. The second kappa shape index (κ2) is 4.82. The molecule has 0 bridgehead atoms. The van der Waals surface area contributed by atoms with Crippen molar-refractivity contribution in [3.8, 4) is 0 Å². The molecular formula is C13H14N2O2. The van der Waals surface area contributed by atoms with Gasteiger partial charge in [0.1, 0.15) is 5.76 Å². The molecule has 0 aliphatic heterocycles. The molecule has 2 rings (SSSR count). The number of aromatic nitrogens is 1. The third-order valence-corrected chi connectivity index (χ3v) is 2.50. The average Bonchev–Trinajstić information content (AvgIpc) is 2.77. The molecule has 0 aliphatic rings. The zero-order valence-electron chi connectivity index (χ0n) is 9.81. The van der Waals surface area contributed by atoms with Gasteiger partial charge < -0.3 is 9.73 Å². The lowest BCUT2D eigenvalue weighted by Gasteiger charge is -2.12. The molecule has 0 aliphatic carbocycles. The molecule has 0 fully saturated rings. The van der Waals surface area contributed by atoms with Crippen molar-refractivity contribution in [2.75, 3.05) is 0 Å². The summed E-state index contributed by atoms with van der Waals surface area (Å²) in [5.41, 5.74) is 0.962. The lowest BCUT2D eigenvalue weighted by atomic mass is 10.1. The van der Waals surface area contributed by atoms with Gasteiger partial charge in [-0.1, -0.05) is 6.07 Å². The van der Waals surface area contributed by atoms with Crippen LogP contribution in [0.1, 0.15) is 34.8 Å². The zero-order valence-corrected chi connectivity index (χ0v) is 9.81. The summed E-state index contributed by atoms with van der Waals surface area (Å²) in [6, 6.07) is 7.10. The Morgan fingerprint density at radius 2 is 2.24 bits per heavy atom. The zero-order chi connectivity index (χ0) is 12.3. The van der Waals surface area contributed by atoms with Crippen molar-refractivity contribution >= 4 is 5.91 Å². The van der Waals surface area contributed by atoms with Crippen molar-refractivity contribution in [1.29, 1.82) is 0 Å². The van der Waals surface area contributed by atoms with Crippen molar-refractivity contribution in [2.24, 2.45) is 0 Å². The molecule has 1 atom stereocenters. The van der Waals surface area contributed by atoms with Gasteiger partial charge in [0.2, 0.25) is 0 Å². The van der Waals surface area contributed by atoms with Gasteiger partial charge in [0, 0.05) is 12.4 Å². The highest BCUT2D eigenvalue weighted by Crippen LogP contribution is 2.12. The maximum atomic E-state index is 11.8. The van der Waals surface area contributed by atoms with Crippen LogP contribution in [-0.4, -0.2) is 10.9 Å². The van der Waals surface area contributed by atoms with Crippen molar-refractivity contribution in [2.45, 2.75) is 19.9 Å². The van der Waals surface area contributed by atoms with Gasteiger partial charge in [0.15, 0.2) is 5.76 Å². The van der Waals surface area contributed by atoms with Gasteiger partial charge in [-0.25, -0.2) is 0 Å². The first-order chi connectivity index (χ1) is 8.16. The largest absolute Gasteiger partial charge is 0.456 e. The molecule has 4 heteroatoms. The molecule has 4 nitrogen and oxygen atoms in total. The van der Waals surface area contributed by atoms with E-state index in [9.17, 15) is 4.79 Å². The Balaban J connectivity index is 2.04. The van der Waals surface area contributed by atoms with Gasteiger partial charge >= 0.3 is 0 Å². The number of hydrogen-bond donors (Lipinski definition) is 1. The number of amides is 1. The maximum Gasteiger partial charge on any atom is 0.287 e. The van der Waals surface area contributed by atoms with Crippen LogP contribution in [0.5, 0.6) is 0 Å². The van der Waals surface area contributed by atoms with E-state index in [0.29, 0.717) is 5.76 Å². The standard InChI is InChI=1S/C13H14N2O2/c1-9-5-6-12(17-9)13(16)15-10(2)11-4-3-7-14-8-11/h3-8,10H,1-2H3,(H,15,16). The molecule has 0 saturated heterocycles. The number of rotatable bonds is 3. The van der Waals surface area contributed by atoms with E-state index in [2.05, 4.69) is 10.3 Å². The fourth-order valence-corrected chi connectivity index (χ4v) is 1.54. The summed E-state index contributed by atoms with van der Waals surface area (Å²) in [6.07, 6.45) is 3.44. The molecule has 2 aromatic heterocycles. The summed E-state index contributed by atoms with van der Waals surface area (Å²) in [5.74, 6) is 0.844. The maximum absolute atomic E-state index is 11.8. The lowest BCUT2D eigenvalue weighted by Crippen LogP contribution is -2.26. The highest BCUT2D eigenvalue weighted by Gasteiger charge is 2.13. The Bertz CT molecular complexity index is 505. The van der Waals surface area contributed by atoms with E-state index in [4.69, 9.17) is 4.42 Å². The Kier molecular flexibility index (Phi) is 3.23. The Hall–Kier alpha value is -2.10. The number of aryl methyl sites for hydroxylation is 1. The average molecular weight is 230 g/mol. The molecule has 88 valence electrons. The normalized spacial score (nSPS) is 12.1. The van der Waals surface area contributed by atoms with Crippen LogP contribution < -0.4 is 5.32 Å². The van der Waals surface area contributed by atoms with Gasteiger partial charge in [0.25, 0.3) is 5.91 Å². The van der Waals surface area contributed by atoms with Crippen molar-refractivity contribution < 1.29 is 9.21 Å². The van der Waals surface area contributed by atoms with Gasteiger partial charge in [-0.2, -0.15) is 0 Å². The number of hydrogen-bond acceptors (Lipinski definition) is 3. The topological polar surface area (TPSA) is 55.1 Å². The predicted molar refractivity (Wildman–Crippen MR) is 63.6 cm³/mol. The Morgan fingerprint density at radius 3 is 2.82 bits per heavy atom. The number of pyridine rings is 1. The van der Waals surface area contributed by atoms with Crippen LogP contribution in [0.25, 0.3) is 0 Å². The number of nitrogens with zero attached hydrogens (tertiary/aromatic N) is 1. The second-order valence-electron chi connectivity index (χ2n) is 3.89. The minimum Gasteiger partial charge on any atom is -0.456 e. The van der Waals surface area contributed by atoms with Crippen molar-refractivity contribution in [1.82, 2.24) is 10.3 Å². The number of carbonyl (C=O) groups excluding carboxylic acids is 1. The third kappa shape index (κ3) is 2.72. The molecule has 17 heavy (non-hydrogen) atoms. The molecule has 1 N–H and O–H groups in total. The van der Waals surface area contributed by atoms with Crippen LogP contribution in [0.3, 0.4) is 0 Å². The third-order valence-electron chi connectivity index (χ3n) is 2.50. The van der Waals surface area contributed by atoms with Crippen LogP contribution in [0.4, 0.5) is 0 Å². The van der Waals surface area contributed by atoms with Crippen LogP contribution in [0.2, 0.25) is 0 Å². The van der Waals surface area contributed by atoms with E-state index in [1.54, 1.807) is 31.5 Å². The highest BCUT2D eigenvalue weighted by molar-refractivity contribution is 5.91. The quantitative estimate of drug-likeness (QED) is 0.881. The van der Waals surface area contributed by atoms with E-state index in [1.165, 1.54) is 0 Å². The first-order valence-electron chi connectivity index (χ1n) is 5.44. The van der Waals surface area contributed by atoms with E-state index in [-0.39, 0.29) is 11.9 Å². The Morgan fingerprint density at radius 1 is 1.41 bits per heavy atom. The van der Waals surface area contributed by atoms with Crippen LogP contribution in [-0.2, 0) is 0 Å². The number of nitrogens with one attached hydrogen (secondary N) is 1. The summed E-state index contributed by atoms with van der Waals surface area (Å²) in [6.45, 7) is 3.71. The molecule has 0 spiro atoms. The summed E-state index contributed by atoms with van der Waals surface area (Å²) in [7, 11) is 0. The van der Waals surface area contributed by atoms with E-state index in [1.807, 2.05) is 19.1 Å². The monoisotopic (exact) mass is 230 g/mol. The highest BCUT2D eigenvalue weighted by atomic mass is 16.3. The molecule has 0 aromatic carbocycles. The van der Waals surface area contributed by atoms with E-state index < -0.39 is 0 Å². The van der Waals surface area contributed by atoms with Gasteiger partial charge in [0.05, 0.1) is 6.04 Å². The van der Waals surface area contributed by atoms with Gasteiger partial charge in [-0.3, -0.25) is 9.78 Å². The van der Waals surface area contributed by atoms with Crippen molar-refractivity contribution in [3.05, 3.63) is 53.7 Å². The number of furan rings is 1.